The van der Waals surface area contributed by atoms with Crippen molar-refractivity contribution in [2.75, 3.05) is 13.1 Å². The molecule has 3 heterocycles. The van der Waals surface area contributed by atoms with Crippen LogP contribution >= 0.6 is 0 Å². The van der Waals surface area contributed by atoms with Gasteiger partial charge in [-0.3, -0.25) is 4.98 Å². The highest BCUT2D eigenvalue weighted by atomic mass is 15.1. The fourth-order valence-corrected chi connectivity index (χ4v) is 3.00. The van der Waals surface area contributed by atoms with E-state index in [9.17, 15) is 0 Å². The highest BCUT2D eigenvalue weighted by molar-refractivity contribution is 5.74. The summed E-state index contributed by atoms with van der Waals surface area (Å²) in [5.41, 5.74) is 2.28. The first-order valence-electron chi connectivity index (χ1n) is 7.38. The minimum Gasteiger partial charge on any atom is -0.328 e. The molecule has 0 amide bonds. The van der Waals surface area contributed by atoms with Gasteiger partial charge < -0.3 is 9.88 Å². The Morgan fingerprint density at radius 1 is 1.37 bits per heavy atom. The Morgan fingerprint density at radius 3 is 3.00 bits per heavy atom. The van der Waals surface area contributed by atoms with Crippen LogP contribution in [0, 0.1) is 5.92 Å². The lowest BCUT2D eigenvalue weighted by atomic mass is 9.94. The predicted octanol–water partition coefficient (Wildman–Crippen LogP) is 2.38. The highest BCUT2D eigenvalue weighted by Gasteiger charge is 2.18. The summed E-state index contributed by atoms with van der Waals surface area (Å²) in [7, 11) is 0. The van der Waals surface area contributed by atoms with Gasteiger partial charge in [-0.25, -0.2) is 4.98 Å². The van der Waals surface area contributed by atoms with Crippen molar-refractivity contribution < 1.29 is 0 Å². The molecule has 0 aliphatic carbocycles. The maximum Gasteiger partial charge on any atom is 0.110 e. The van der Waals surface area contributed by atoms with E-state index < -0.39 is 0 Å². The van der Waals surface area contributed by atoms with Gasteiger partial charge >= 0.3 is 0 Å². The Balaban J connectivity index is 1.90. The van der Waals surface area contributed by atoms with Gasteiger partial charge in [0.25, 0.3) is 0 Å². The molecule has 2 aromatic rings. The van der Waals surface area contributed by atoms with Gasteiger partial charge in [0.2, 0.25) is 0 Å². The molecule has 1 saturated heterocycles. The van der Waals surface area contributed by atoms with E-state index in [2.05, 4.69) is 27.9 Å². The molecule has 1 N–H and O–H groups in total. The van der Waals surface area contributed by atoms with Gasteiger partial charge in [-0.2, -0.15) is 0 Å². The number of pyridine rings is 1. The maximum absolute atomic E-state index is 4.81. The zero-order valence-corrected chi connectivity index (χ0v) is 11.6. The Kier molecular flexibility index (Phi) is 3.78. The number of fused-ring (bicyclic) bond motifs is 1. The van der Waals surface area contributed by atoms with Crippen molar-refractivity contribution in [3.05, 3.63) is 24.3 Å². The van der Waals surface area contributed by atoms with Gasteiger partial charge in [0.1, 0.15) is 11.3 Å². The number of hydrogen-bond donors (Lipinski definition) is 1. The smallest absolute Gasteiger partial charge is 0.110 e. The predicted molar refractivity (Wildman–Crippen MR) is 77.1 cm³/mol. The first-order valence-corrected chi connectivity index (χ1v) is 7.38. The third kappa shape index (κ3) is 2.63. The van der Waals surface area contributed by atoms with Crippen LogP contribution in [-0.4, -0.2) is 27.6 Å². The molecule has 0 aromatic carbocycles. The summed E-state index contributed by atoms with van der Waals surface area (Å²) in [5.74, 6) is 2.03. The molecule has 0 spiro atoms. The molecule has 19 heavy (non-hydrogen) atoms. The summed E-state index contributed by atoms with van der Waals surface area (Å²) in [6.07, 6.45) is 8.54. The minimum absolute atomic E-state index is 0.779. The zero-order chi connectivity index (χ0) is 13.1. The van der Waals surface area contributed by atoms with Crippen LogP contribution in [0.15, 0.2) is 18.5 Å². The molecule has 0 radical (unpaired) electrons. The van der Waals surface area contributed by atoms with E-state index in [1.54, 1.807) is 0 Å². The Labute approximate surface area is 114 Å². The number of rotatable bonds is 4. The van der Waals surface area contributed by atoms with Crippen LogP contribution in [0.4, 0.5) is 0 Å². The molecule has 1 aliphatic rings. The Hall–Kier alpha value is -1.42. The first kappa shape index (κ1) is 12.6. The number of imidazole rings is 1. The molecular weight excluding hydrogens is 236 g/mol. The molecule has 4 nitrogen and oxygen atoms in total. The standard InChI is InChI=1S/C15H22N4/c1-2-9-19-14-5-8-17-11-13(14)18-15(19)10-12-3-6-16-7-4-12/h5,8,11-12,16H,2-4,6-7,9-10H2,1H3. The second-order valence-corrected chi connectivity index (χ2v) is 5.44. The van der Waals surface area contributed by atoms with Crippen LogP contribution in [0.2, 0.25) is 0 Å². The zero-order valence-electron chi connectivity index (χ0n) is 11.6. The summed E-state index contributed by atoms with van der Waals surface area (Å²) >= 11 is 0. The molecule has 1 aliphatic heterocycles. The fraction of sp³-hybridized carbons (Fsp3) is 0.600. The lowest BCUT2D eigenvalue weighted by molar-refractivity contribution is 0.363. The number of piperidine rings is 1. The SMILES string of the molecule is CCCn1c(CC2CCNCC2)nc2cnccc21. The van der Waals surface area contributed by atoms with Crippen LogP contribution in [0.5, 0.6) is 0 Å². The van der Waals surface area contributed by atoms with Crippen molar-refractivity contribution in [2.45, 2.75) is 39.2 Å². The molecule has 3 rings (SSSR count). The number of aromatic nitrogens is 3. The second kappa shape index (κ2) is 5.70. The molecule has 1 fully saturated rings. The van der Waals surface area contributed by atoms with Crippen LogP contribution < -0.4 is 5.32 Å². The van der Waals surface area contributed by atoms with Gasteiger partial charge in [0, 0.05) is 19.2 Å². The van der Waals surface area contributed by atoms with Gasteiger partial charge in [-0.05, 0) is 44.3 Å². The average molecular weight is 258 g/mol. The normalized spacial score (nSPS) is 17.1. The van der Waals surface area contributed by atoms with Crippen molar-refractivity contribution in [1.82, 2.24) is 19.9 Å². The minimum atomic E-state index is 0.779. The fourth-order valence-electron chi connectivity index (χ4n) is 3.00. The third-order valence-corrected chi connectivity index (χ3v) is 4.01. The summed E-state index contributed by atoms with van der Waals surface area (Å²) < 4.78 is 2.39. The van der Waals surface area contributed by atoms with Crippen LogP contribution in [0.3, 0.4) is 0 Å². The van der Waals surface area contributed by atoms with Gasteiger partial charge in [0.05, 0.1) is 11.7 Å². The molecule has 0 unspecified atom stereocenters. The summed E-state index contributed by atoms with van der Waals surface area (Å²) in [6, 6.07) is 2.09. The Morgan fingerprint density at radius 2 is 2.21 bits per heavy atom. The molecule has 0 saturated carbocycles. The molecular formula is C15H22N4. The van der Waals surface area contributed by atoms with Crippen molar-refractivity contribution in [3.8, 4) is 0 Å². The molecule has 4 heteroatoms. The third-order valence-electron chi connectivity index (χ3n) is 4.01. The summed E-state index contributed by atoms with van der Waals surface area (Å²) in [5, 5.41) is 3.43. The highest BCUT2D eigenvalue weighted by Crippen LogP contribution is 2.21. The lowest BCUT2D eigenvalue weighted by Gasteiger charge is -2.22. The van der Waals surface area contributed by atoms with Gasteiger partial charge in [-0.15, -0.1) is 0 Å². The Bertz CT molecular complexity index is 540. The van der Waals surface area contributed by atoms with E-state index >= 15 is 0 Å². The van der Waals surface area contributed by atoms with E-state index in [1.807, 2.05) is 12.4 Å². The second-order valence-electron chi connectivity index (χ2n) is 5.44. The quantitative estimate of drug-likeness (QED) is 0.915. The molecule has 2 aromatic heterocycles. The summed E-state index contributed by atoms with van der Waals surface area (Å²) in [4.78, 5) is 8.99. The summed E-state index contributed by atoms with van der Waals surface area (Å²) in [6.45, 7) is 5.59. The van der Waals surface area contributed by atoms with E-state index in [0.29, 0.717) is 0 Å². The van der Waals surface area contributed by atoms with E-state index in [4.69, 9.17) is 4.98 Å². The van der Waals surface area contributed by atoms with E-state index in [1.165, 1.54) is 24.2 Å². The monoisotopic (exact) mass is 258 g/mol. The van der Waals surface area contributed by atoms with E-state index in [-0.39, 0.29) is 0 Å². The molecule has 102 valence electrons. The largest absolute Gasteiger partial charge is 0.328 e. The molecule has 0 bridgehead atoms. The first-order chi connectivity index (χ1) is 9.38. The van der Waals surface area contributed by atoms with Crippen LogP contribution in [-0.2, 0) is 13.0 Å². The van der Waals surface area contributed by atoms with Crippen LogP contribution in [0.1, 0.15) is 32.0 Å². The maximum atomic E-state index is 4.81. The number of aryl methyl sites for hydroxylation is 1. The number of nitrogens with zero attached hydrogens (tertiary/aromatic N) is 3. The van der Waals surface area contributed by atoms with Crippen molar-refractivity contribution >= 4 is 11.0 Å². The average Bonchev–Trinajstić information content (AvgIpc) is 2.79. The lowest BCUT2D eigenvalue weighted by Crippen LogP contribution is -2.29. The van der Waals surface area contributed by atoms with Crippen molar-refractivity contribution in [3.63, 3.8) is 0 Å². The van der Waals surface area contributed by atoms with Crippen LogP contribution in [0.25, 0.3) is 11.0 Å². The molecule has 0 atom stereocenters. The van der Waals surface area contributed by atoms with Crippen molar-refractivity contribution in [2.24, 2.45) is 5.92 Å². The van der Waals surface area contributed by atoms with Gasteiger partial charge in [-0.1, -0.05) is 6.92 Å². The van der Waals surface area contributed by atoms with Crippen molar-refractivity contribution in [1.29, 1.82) is 0 Å². The van der Waals surface area contributed by atoms with E-state index in [0.717, 1.165) is 43.9 Å². The topological polar surface area (TPSA) is 42.7 Å². The number of hydrogen-bond acceptors (Lipinski definition) is 3. The number of nitrogens with one attached hydrogen (secondary N) is 1. The van der Waals surface area contributed by atoms with Gasteiger partial charge in [0.15, 0.2) is 0 Å².